The highest BCUT2D eigenvalue weighted by atomic mass is 16.8. The van der Waals surface area contributed by atoms with Gasteiger partial charge in [-0.05, 0) is 13.8 Å². The van der Waals surface area contributed by atoms with Crippen LogP contribution in [-0.2, 0) is 23.7 Å². The zero-order valence-corrected chi connectivity index (χ0v) is 17.4. The van der Waals surface area contributed by atoms with E-state index in [9.17, 15) is 46.0 Å². The van der Waals surface area contributed by atoms with Gasteiger partial charge in [0.25, 0.3) is 0 Å². The van der Waals surface area contributed by atoms with E-state index in [-0.39, 0.29) is 0 Å². The van der Waals surface area contributed by atoms with Crippen molar-refractivity contribution in [1.82, 2.24) is 0 Å². The van der Waals surface area contributed by atoms with Gasteiger partial charge in [-0.3, -0.25) is 0 Å². The van der Waals surface area contributed by atoms with Gasteiger partial charge in [-0.15, -0.1) is 0 Å². The summed E-state index contributed by atoms with van der Waals surface area (Å²) in [4.78, 5) is 0. The first-order valence-corrected chi connectivity index (χ1v) is 10.3. The molecular weight excluding hydrogens is 440 g/mol. The Morgan fingerprint density at radius 2 is 1.06 bits per heavy atom. The molecule has 15 atom stereocenters. The summed E-state index contributed by atoms with van der Waals surface area (Å²) in [6.45, 7) is 2.13. The minimum absolute atomic E-state index is 0.708. The number of hydrogen-bond donors (Lipinski definition) is 9. The Labute approximate surface area is 183 Å². The second-order valence-corrected chi connectivity index (χ2v) is 8.30. The topological polar surface area (TPSA) is 228 Å². The van der Waals surface area contributed by atoms with Crippen LogP contribution in [0.4, 0.5) is 0 Å². The zero-order chi connectivity index (χ0) is 23.9. The van der Waals surface area contributed by atoms with Crippen LogP contribution in [0.2, 0.25) is 0 Å². The SMILES string of the molecule is C[C@@H]1O[C@@H](O[C@@H]2[C@H](O[C@H]3O[C@H](CO)[C@@H](O)[C@H](O)[C@H]3O)[C@@H](O)[C@H](C)O[C@H]2O)[C@H](O)[C@H](O)[C@H]1O. The molecule has 3 rings (SSSR count). The van der Waals surface area contributed by atoms with Crippen molar-refractivity contribution in [2.24, 2.45) is 0 Å². The monoisotopic (exact) mass is 472 g/mol. The van der Waals surface area contributed by atoms with Crippen LogP contribution < -0.4 is 0 Å². The van der Waals surface area contributed by atoms with E-state index in [1.54, 1.807) is 0 Å². The molecule has 3 fully saturated rings. The van der Waals surface area contributed by atoms with Crippen molar-refractivity contribution in [3.05, 3.63) is 0 Å². The molecule has 9 N–H and O–H groups in total. The Kier molecular flexibility index (Phi) is 8.44. The summed E-state index contributed by atoms with van der Waals surface area (Å²) in [6.07, 6.45) is -22.6. The quantitative estimate of drug-likeness (QED) is 0.182. The summed E-state index contributed by atoms with van der Waals surface area (Å²) in [5, 5.41) is 90.5. The van der Waals surface area contributed by atoms with E-state index in [0.29, 0.717) is 0 Å². The lowest BCUT2D eigenvalue weighted by Gasteiger charge is -2.47. The average Bonchev–Trinajstić information content (AvgIpc) is 2.76. The van der Waals surface area contributed by atoms with Crippen LogP contribution in [0.1, 0.15) is 13.8 Å². The highest BCUT2D eigenvalue weighted by Gasteiger charge is 2.52. The molecule has 0 radical (unpaired) electrons. The van der Waals surface area contributed by atoms with Crippen LogP contribution in [0.3, 0.4) is 0 Å². The standard InChI is InChI=1S/C18H32O14/c1-4-7(20)10(23)12(25)17(29-4)32-15-14(8(21)5(2)28-16(15)27)31-18-13(26)11(24)9(22)6(3-19)30-18/h4-27H,3H2,1-2H3/t4-,5-,6+,7-,8-,9+,10+,11-,12+,13+,14+,15+,16+,17-,18+/m0/s1. The van der Waals surface area contributed by atoms with E-state index in [1.807, 2.05) is 0 Å². The maximum absolute atomic E-state index is 10.6. The summed E-state index contributed by atoms with van der Waals surface area (Å²) >= 11 is 0. The summed E-state index contributed by atoms with van der Waals surface area (Å²) in [6, 6.07) is 0. The third-order valence-electron chi connectivity index (χ3n) is 6.02. The van der Waals surface area contributed by atoms with Crippen molar-refractivity contribution < 1.29 is 69.6 Å². The lowest BCUT2D eigenvalue weighted by molar-refractivity contribution is -0.384. The van der Waals surface area contributed by atoms with Crippen molar-refractivity contribution in [1.29, 1.82) is 0 Å². The van der Waals surface area contributed by atoms with Crippen molar-refractivity contribution >= 4 is 0 Å². The van der Waals surface area contributed by atoms with Crippen LogP contribution in [0.15, 0.2) is 0 Å². The fraction of sp³-hybridized carbons (Fsp3) is 1.00. The summed E-state index contributed by atoms with van der Waals surface area (Å²) in [5.74, 6) is 0. The number of rotatable bonds is 5. The molecule has 3 saturated heterocycles. The average molecular weight is 472 g/mol. The predicted octanol–water partition coefficient (Wildman–Crippen LogP) is -5.52. The van der Waals surface area contributed by atoms with Gasteiger partial charge < -0.3 is 69.6 Å². The van der Waals surface area contributed by atoms with Gasteiger partial charge >= 0.3 is 0 Å². The molecule has 3 heterocycles. The first-order chi connectivity index (χ1) is 15.0. The molecule has 0 aromatic heterocycles. The lowest BCUT2D eigenvalue weighted by atomic mass is 9.96. The van der Waals surface area contributed by atoms with Crippen molar-refractivity contribution in [3.63, 3.8) is 0 Å². The fourth-order valence-electron chi connectivity index (χ4n) is 3.92. The highest BCUT2D eigenvalue weighted by Crippen LogP contribution is 2.32. The van der Waals surface area contributed by atoms with Crippen molar-refractivity contribution in [2.45, 2.75) is 106 Å². The van der Waals surface area contributed by atoms with Gasteiger partial charge in [0.2, 0.25) is 0 Å². The minimum Gasteiger partial charge on any atom is -0.394 e. The lowest BCUT2D eigenvalue weighted by Crippen LogP contribution is -2.66. The maximum atomic E-state index is 10.6. The van der Waals surface area contributed by atoms with Crippen LogP contribution in [0.5, 0.6) is 0 Å². The molecule has 0 aromatic carbocycles. The Morgan fingerprint density at radius 3 is 1.66 bits per heavy atom. The largest absolute Gasteiger partial charge is 0.394 e. The highest BCUT2D eigenvalue weighted by molar-refractivity contribution is 4.95. The van der Waals surface area contributed by atoms with Crippen molar-refractivity contribution in [2.75, 3.05) is 6.61 Å². The third kappa shape index (κ3) is 4.94. The van der Waals surface area contributed by atoms with Crippen molar-refractivity contribution in [3.8, 4) is 0 Å². The van der Waals surface area contributed by atoms with E-state index in [2.05, 4.69) is 0 Å². The maximum Gasteiger partial charge on any atom is 0.187 e. The van der Waals surface area contributed by atoms with Crippen LogP contribution in [0.25, 0.3) is 0 Å². The minimum atomic E-state index is -1.79. The molecule has 0 amide bonds. The van der Waals surface area contributed by atoms with E-state index in [1.165, 1.54) is 13.8 Å². The number of hydrogen-bond acceptors (Lipinski definition) is 14. The van der Waals surface area contributed by atoms with Crippen LogP contribution in [-0.4, -0.2) is 145 Å². The van der Waals surface area contributed by atoms with Crippen LogP contribution >= 0.6 is 0 Å². The molecule has 3 aliphatic rings. The molecule has 14 nitrogen and oxygen atoms in total. The summed E-state index contributed by atoms with van der Waals surface area (Å²) in [5.41, 5.74) is 0. The molecule has 14 heteroatoms. The number of aliphatic hydroxyl groups excluding tert-OH is 9. The van der Waals surface area contributed by atoms with E-state index in [4.69, 9.17) is 23.7 Å². The first kappa shape index (κ1) is 26.1. The Morgan fingerprint density at radius 1 is 0.562 bits per heavy atom. The fourth-order valence-corrected chi connectivity index (χ4v) is 3.92. The first-order valence-electron chi connectivity index (χ1n) is 10.3. The molecule has 0 spiro atoms. The molecule has 188 valence electrons. The Bertz CT molecular complexity index is 608. The van der Waals surface area contributed by atoms with Gasteiger partial charge in [0.1, 0.15) is 61.0 Å². The van der Waals surface area contributed by atoms with Gasteiger partial charge in [-0.2, -0.15) is 0 Å². The second-order valence-electron chi connectivity index (χ2n) is 8.30. The Balaban J connectivity index is 1.79. The van der Waals surface area contributed by atoms with E-state index in [0.717, 1.165) is 0 Å². The summed E-state index contributed by atoms with van der Waals surface area (Å²) in [7, 11) is 0. The molecular formula is C18H32O14. The third-order valence-corrected chi connectivity index (χ3v) is 6.02. The number of ether oxygens (including phenoxy) is 5. The molecule has 0 unspecified atom stereocenters. The predicted molar refractivity (Wildman–Crippen MR) is 98.4 cm³/mol. The smallest absolute Gasteiger partial charge is 0.187 e. The number of aliphatic hydroxyl groups is 9. The van der Waals surface area contributed by atoms with E-state index >= 15 is 0 Å². The van der Waals surface area contributed by atoms with Gasteiger partial charge in [-0.25, -0.2) is 0 Å². The molecule has 0 saturated carbocycles. The molecule has 0 bridgehead atoms. The van der Waals surface area contributed by atoms with Crippen LogP contribution in [0, 0.1) is 0 Å². The van der Waals surface area contributed by atoms with Gasteiger partial charge in [0.15, 0.2) is 18.9 Å². The molecule has 3 aliphatic heterocycles. The van der Waals surface area contributed by atoms with Gasteiger partial charge in [0.05, 0.1) is 18.8 Å². The van der Waals surface area contributed by atoms with E-state index < -0.39 is 98.7 Å². The molecule has 32 heavy (non-hydrogen) atoms. The molecule has 0 aromatic rings. The summed E-state index contributed by atoms with van der Waals surface area (Å²) < 4.78 is 27.0. The zero-order valence-electron chi connectivity index (χ0n) is 17.4. The molecule has 0 aliphatic carbocycles. The Hall–Kier alpha value is -0.560. The normalized spacial score (nSPS) is 55.0. The van der Waals surface area contributed by atoms with Gasteiger partial charge in [-0.1, -0.05) is 0 Å². The second kappa shape index (κ2) is 10.4. The van der Waals surface area contributed by atoms with Gasteiger partial charge in [0, 0.05) is 0 Å².